The van der Waals surface area contributed by atoms with E-state index in [1.807, 2.05) is 6.07 Å². The molecule has 2 N–H and O–H groups in total. The summed E-state index contributed by atoms with van der Waals surface area (Å²) >= 11 is 0. The fourth-order valence-electron chi connectivity index (χ4n) is 4.70. The lowest BCUT2D eigenvalue weighted by molar-refractivity contribution is 0.0486. The van der Waals surface area contributed by atoms with Crippen LogP contribution in [0, 0.1) is 0 Å². The SMILES string of the molecule is C=CCOc1nc(Oc2ccc(C(=O)c3ccccc3)c(O)c2)nc(OC2CC(C)(C)NC(C)(C)C2)n1. The third-order valence-corrected chi connectivity index (χ3v) is 5.79. The Bertz CT molecular complexity index is 1260. The fourth-order valence-corrected chi connectivity index (χ4v) is 4.70. The molecule has 2 aromatic carbocycles. The Balaban J connectivity index is 1.56. The van der Waals surface area contributed by atoms with E-state index in [2.05, 4.69) is 54.5 Å². The van der Waals surface area contributed by atoms with E-state index in [1.165, 1.54) is 12.1 Å². The second-order valence-corrected chi connectivity index (χ2v) is 10.3. The average molecular weight is 505 g/mol. The number of benzene rings is 2. The summed E-state index contributed by atoms with van der Waals surface area (Å²) in [6, 6.07) is 13.1. The van der Waals surface area contributed by atoms with Gasteiger partial charge in [-0.25, -0.2) is 0 Å². The zero-order chi connectivity index (χ0) is 26.6. The highest BCUT2D eigenvalue weighted by Crippen LogP contribution is 2.32. The van der Waals surface area contributed by atoms with Crippen molar-refractivity contribution in [2.75, 3.05) is 6.61 Å². The minimum Gasteiger partial charge on any atom is -0.507 e. The monoisotopic (exact) mass is 504 g/mol. The molecular formula is C28H32N4O5. The summed E-state index contributed by atoms with van der Waals surface area (Å²) in [6.45, 7) is 12.3. The van der Waals surface area contributed by atoms with Crippen LogP contribution >= 0.6 is 0 Å². The number of hydrogen-bond donors (Lipinski definition) is 2. The number of hydrogen-bond acceptors (Lipinski definition) is 9. The summed E-state index contributed by atoms with van der Waals surface area (Å²) in [5.74, 6) is -0.286. The zero-order valence-electron chi connectivity index (χ0n) is 21.5. The number of nitrogens with one attached hydrogen (secondary N) is 1. The van der Waals surface area contributed by atoms with Crippen molar-refractivity contribution >= 4 is 5.78 Å². The molecule has 9 heteroatoms. The number of ether oxygens (including phenoxy) is 3. The van der Waals surface area contributed by atoms with Crippen molar-refractivity contribution in [3.05, 3.63) is 72.3 Å². The lowest BCUT2D eigenvalue weighted by Crippen LogP contribution is -2.60. The lowest BCUT2D eigenvalue weighted by Gasteiger charge is -2.45. The number of ketones is 1. The van der Waals surface area contributed by atoms with E-state index < -0.39 is 0 Å². The van der Waals surface area contributed by atoms with Crippen LogP contribution < -0.4 is 19.5 Å². The van der Waals surface area contributed by atoms with Gasteiger partial charge in [0.25, 0.3) is 0 Å². The van der Waals surface area contributed by atoms with E-state index in [0.717, 1.165) is 12.8 Å². The van der Waals surface area contributed by atoms with Gasteiger partial charge in [0.05, 0.1) is 5.56 Å². The van der Waals surface area contributed by atoms with E-state index in [9.17, 15) is 9.90 Å². The van der Waals surface area contributed by atoms with E-state index in [0.29, 0.717) is 5.56 Å². The summed E-state index contributed by atoms with van der Waals surface area (Å²) in [6.07, 6.45) is 2.95. The molecule has 1 saturated heterocycles. The summed E-state index contributed by atoms with van der Waals surface area (Å²) < 4.78 is 17.5. The first-order valence-corrected chi connectivity index (χ1v) is 12.1. The summed E-state index contributed by atoms with van der Waals surface area (Å²) in [5, 5.41) is 14.1. The third-order valence-electron chi connectivity index (χ3n) is 5.79. The fraction of sp³-hybridized carbons (Fsp3) is 0.357. The van der Waals surface area contributed by atoms with Gasteiger partial charge in [-0.2, -0.15) is 0 Å². The number of carbonyl (C=O) groups is 1. The van der Waals surface area contributed by atoms with Crippen molar-refractivity contribution in [1.82, 2.24) is 20.3 Å². The highest BCUT2D eigenvalue weighted by atomic mass is 16.5. The largest absolute Gasteiger partial charge is 0.507 e. The predicted octanol–water partition coefficient (Wildman–Crippen LogP) is 4.85. The van der Waals surface area contributed by atoms with Gasteiger partial charge in [0.1, 0.15) is 24.2 Å². The van der Waals surface area contributed by atoms with Crippen LogP contribution in [0.5, 0.6) is 29.5 Å². The number of aromatic nitrogens is 3. The van der Waals surface area contributed by atoms with Gasteiger partial charge >= 0.3 is 18.0 Å². The molecule has 0 aliphatic carbocycles. The van der Waals surface area contributed by atoms with Crippen molar-refractivity contribution in [1.29, 1.82) is 0 Å². The number of nitrogens with zero attached hydrogens (tertiary/aromatic N) is 3. The van der Waals surface area contributed by atoms with Crippen molar-refractivity contribution in [3.63, 3.8) is 0 Å². The van der Waals surface area contributed by atoms with Crippen LogP contribution in [0.3, 0.4) is 0 Å². The van der Waals surface area contributed by atoms with Crippen molar-refractivity contribution in [2.24, 2.45) is 0 Å². The van der Waals surface area contributed by atoms with E-state index >= 15 is 0 Å². The van der Waals surface area contributed by atoms with Crippen LogP contribution in [0.4, 0.5) is 0 Å². The zero-order valence-corrected chi connectivity index (χ0v) is 21.5. The second-order valence-electron chi connectivity index (χ2n) is 10.3. The molecule has 194 valence electrons. The maximum Gasteiger partial charge on any atom is 0.331 e. The van der Waals surface area contributed by atoms with E-state index in [4.69, 9.17) is 14.2 Å². The minimum atomic E-state index is -0.298. The predicted molar refractivity (Wildman–Crippen MR) is 139 cm³/mol. The van der Waals surface area contributed by atoms with Crippen LogP contribution in [0.25, 0.3) is 0 Å². The molecule has 1 aliphatic rings. The number of carbonyl (C=O) groups excluding carboxylic acids is 1. The van der Waals surface area contributed by atoms with Gasteiger partial charge in [0, 0.05) is 35.5 Å². The first-order chi connectivity index (χ1) is 17.5. The second kappa shape index (κ2) is 10.6. The molecule has 0 radical (unpaired) electrons. The molecule has 0 unspecified atom stereocenters. The lowest BCUT2D eigenvalue weighted by atomic mass is 9.81. The molecule has 0 spiro atoms. The Labute approximate surface area is 216 Å². The highest BCUT2D eigenvalue weighted by Gasteiger charge is 2.39. The molecule has 0 atom stereocenters. The van der Waals surface area contributed by atoms with Crippen molar-refractivity contribution < 1.29 is 24.1 Å². The van der Waals surface area contributed by atoms with Gasteiger partial charge in [-0.15, -0.1) is 15.0 Å². The van der Waals surface area contributed by atoms with Crippen molar-refractivity contribution in [2.45, 2.75) is 57.7 Å². The normalized spacial score (nSPS) is 16.5. The Hall–Kier alpha value is -3.98. The number of phenols is 1. The maximum absolute atomic E-state index is 12.7. The minimum absolute atomic E-state index is 0.0208. The van der Waals surface area contributed by atoms with E-state index in [-0.39, 0.29) is 64.7 Å². The van der Waals surface area contributed by atoms with Gasteiger partial charge in [0.15, 0.2) is 5.78 Å². The van der Waals surface area contributed by atoms with Crippen LogP contribution in [-0.4, -0.2) is 49.6 Å². The van der Waals surface area contributed by atoms with E-state index in [1.54, 1.807) is 36.4 Å². The Morgan fingerprint density at radius 2 is 1.68 bits per heavy atom. The molecule has 9 nitrogen and oxygen atoms in total. The molecule has 3 aromatic rings. The smallest absolute Gasteiger partial charge is 0.331 e. The molecule has 0 saturated carbocycles. The highest BCUT2D eigenvalue weighted by molar-refractivity contribution is 6.10. The molecule has 0 bridgehead atoms. The number of phenolic OH excluding ortho intramolecular Hbond substituents is 1. The molecule has 2 heterocycles. The molecule has 0 amide bonds. The van der Waals surface area contributed by atoms with Crippen LogP contribution in [0.2, 0.25) is 0 Å². The first kappa shape index (κ1) is 26.1. The van der Waals surface area contributed by atoms with Gasteiger partial charge in [-0.3, -0.25) is 4.79 Å². The standard InChI is InChI=1S/C28H32N4O5/c1-6-14-35-24-29-25(31-26(30-24)37-20-16-27(2,3)32-28(4,5)17-20)36-19-12-13-21(22(33)15-19)23(34)18-10-8-7-9-11-18/h6-13,15,20,32-33H,1,14,16-17H2,2-5H3. The summed E-state index contributed by atoms with van der Waals surface area (Å²) in [5.41, 5.74) is 0.373. The molecule has 37 heavy (non-hydrogen) atoms. The molecule has 1 fully saturated rings. The first-order valence-electron chi connectivity index (χ1n) is 12.1. The summed E-state index contributed by atoms with van der Waals surface area (Å²) in [7, 11) is 0. The van der Waals surface area contributed by atoms with Crippen LogP contribution in [-0.2, 0) is 0 Å². The Morgan fingerprint density at radius 3 is 2.32 bits per heavy atom. The van der Waals surface area contributed by atoms with Crippen LogP contribution in [0.1, 0.15) is 56.5 Å². The van der Waals surface area contributed by atoms with Crippen molar-refractivity contribution in [3.8, 4) is 29.5 Å². The number of rotatable bonds is 9. The number of aromatic hydroxyl groups is 1. The van der Waals surface area contributed by atoms with Gasteiger partial charge < -0.3 is 24.6 Å². The molecule has 1 aliphatic heterocycles. The molecule has 4 rings (SSSR count). The van der Waals surface area contributed by atoms with Gasteiger partial charge in [-0.05, 0) is 39.8 Å². The van der Waals surface area contributed by atoms with Crippen LogP contribution in [0.15, 0.2) is 61.2 Å². The summed E-state index contributed by atoms with van der Waals surface area (Å²) in [4.78, 5) is 25.5. The molecular weight excluding hydrogens is 472 g/mol. The van der Waals surface area contributed by atoms with Gasteiger partial charge in [-0.1, -0.05) is 43.0 Å². The van der Waals surface area contributed by atoms with Gasteiger partial charge in [0.2, 0.25) is 0 Å². The molecule has 1 aromatic heterocycles. The maximum atomic E-state index is 12.7. The Kier molecular flexibility index (Phi) is 7.45. The average Bonchev–Trinajstić information content (AvgIpc) is 2.81. The Morgan fingerprint density at radius 1 is 1.03 bits per heavy atom. The quantitative estimate of drug-likeness (QED) is 0.311. The number of piperidine rings is 1. The third kappa shape index (κ3) is 6.83. The topological polar surface area (TPSA) is 116 Å².